The minimum Gasteiger partial charge on any atom is -0.480 e. The number of carboxylic acids is 2. The number of β-amino-alcohol motifs (C(OH)–C–C–N with tert-alkyl or cyclic N) is 4. The van der Waals surface area contributed by atoms with Crippen LogP contribution in [-0.4, -0.2) is 233 Å². The zero-order chi connectivity index (χ0) is 38.9. The summed E-state index contributed by atoms with van der Waals surface area (Å²) in [4.78, 5) is 51.0. The van der Waals surface area contributed by atoms with Gasteiger partial charge in [-0.2, -0.15) is 15.0 Å². The van der Waals surface area contributed by atoms with Gasteiger partial charge in [-0.15, -0.1) is 0 Å². The summed E-state index contributed by atoms with van der Waals surface area (Å²) in [6.45, 7) is 8.71. The number of carboxylic acid groups (broad SMARTS) is 2. The Morgan fingerprint density at radius 1 is 0.704 bits per heavy atom. The monoisotopic (exact) mass is 761 g/mol. The molecule has 1 atom stereocenters. The molecule has 1 unspecified atom stereocenters. The summed E-state index contributed by atoms with van der Waals surface area (Å²) >= 11 is 0. The summed E-state index contributed by atoms with van der Waals surface area (Å²) in [7, 11) is 2.02. The third-order valence-corrected chi connectivity index (χ3v) is 9.80. The molecule has 0 bridgehead atoms. The van der Waals surface area contributed by atoms with Gasteiger partial charge in [0, 0.05) is 110 Å². The van der Waals surface area contributed by atoms with Crippen molar-refractivity contribution in [2.75, 3.05) is 160 Å². The Balaban J connectivity index is 1.58. The van der Waals surface area contributed by atoms with Crippen molar-refractivity contribution in [3.8, 4) is 0 Å². The topological polar surface area (TPSA) is 229 Å². The van der Waals surface area contributed by atoms with E-state index in [1.54, 1.807) is 0 Å². The molecule has 0 radical (unpaired) electrons. The van der Waals surface area contributed by atoms with E-state index >= 15 is 0 Å². The lowest BCUT2D eigenvalue weighted by Crippen LogP contribution is -2.52. The number of aliphatic hydroxyl groups excluding tert-OH is 4. The average Bonchev–Trinajstić information content (AvgIpc) is 3.13. The van der Waals surface area contributed by atoms with Crippen LogP contribution in [0.15, 0.2) is 24.3 Å². The molecule has 7 N–H and O–H groups in total. The highest BCUT2D eigenvalue weighted by Gasteiger charge is 2.26. The van der Waals surface area contributed by atoms with E-state index in [1.807, 2.05) is 36.2 Å². The van der Waals surface area contributed by atoms with Crippen molar-refractivity contribution in [1.29, 1.82) is 0 Å². The fraction of sp³-hybridized carbons (Fsp3) is 0.686. The minimum absolute atomic E-state index is 0.00380. The van der Waals surface area contributed by atoms with Gasteiger partial charge < -0.3 is 50.7 Å². The van der Waals surface area contributed by atoms with E-state index in [9.17, 15) is 40.2 Å². The third kappa shape index (κ3) is 14.1. The van der Waals surface area contributed by atoms with Crippen LogP contribution in [0, 0.1) is 0 Å². The first-order chi connectivity index (χ1) is 26.1. The lowest BCUT2D eigenvalue weighted by Gasteiger charge is -2.38. The van der Waals surface area contributed by atoms with Gasteiger partial charge in [0.05, 0.1) is 26.4 Å². The van der Waals surface area contributed by atoms with Gasteiger partial charge in [-0.3, -0.25) is 29.2 Å². The molecule has 4 rings (SSSR count). The van der Waals surface area contributed by atoms with E-state index in [1.165, 1.54) is 0 Å². The number of aromatic nitrogens is 3. The summed E-state index contributed by atoms with van der Waals surface area (Å²) in [5.74, 6) is -2.01. The number of anilines is 4. The van der Waals surface area contributed by atoms with Gasteiger partial charge in [-0.05, 0) is 31.2 Å². The van der Waals surface area contributed by atoms with Gasteiger partial charge in [-0.1, -0.05) is 12.1 Å². The van der Waals surface area contributed by atoms with Crippen molar-refractivity contribution in [3.05, 3.63) is 29.8 Å². The number of nitrogens with one attached hydrogen (secondary N) is 1. The van der Waals surface area contributed by atoms with Crippen molar-refractivity contribution in [3.63, 3.8) is 0 Å². The number of hydrogen-bond donors (Lipinski definition) is 7. The maximum absolute atomic E-state index is 11.6. The first kappa shape index (κ1) is 42.9. The Kier molecular flexibility index (Phi) is 17.9. The molecule has 2 aliphatic rings. The van der Waals surface area contributed by atoms with Crippen LogP contribution in [0.4, 0.5) is 23.5 Å². The molecule has 2 fully saturated rings. The highest BCUT2D eigenvalue weighted by atomic mass is 16.4. The SMILES string of the molecule is CN1CCN(c2nc(Nc3ccc(CC4CN(CCO)CCN(CCO)CCN(CCO)CCN4CCO)cc3)nc(N(CC(=O)O)CC(=O)O)n2)CC1. The molecule has 0 amide bonds. The number of benzene rings is 1. The van der Waals surface area contributed by atoms with E-state index in [0.717, 1.165) is 43.2 Å². The number of hydrogen-bond acceptors (Lipinski definition) is 17. The molecule has 19 nitrogen and oxygen atoms in total. The van der Waals surface area contributed by atoms with Crippen LogP contribution < -0.4 is 15.1 Å². The first-order valence-corrected chi connectivity index (χ1v) is 18.7. The fourth-order valence-electron chi connectivity index (χ4n) is 6.79. The smallest absolute Gasteiger partial charge is 0.323 e. The molecule has 3 heterocycles. The quantitative estimate of drug-likeness (QED) is 0.0829. The molecule has 0 saturated carbocycles. The fourth-order valence-corrected chi connectivity index (χ4v) is 6.79. The molecule has 1 aromatic carbocycles. The highest BCUT2D eigenvalue weighted by molar-refractivity contribution is 5.78. The maximum atomic E-state index is 11.6. The third-order valence-electron chi connectivity index (χ3n) is 9.80. The first-order valence-electron chi connectivity index (χ1n) is 18.7. The van der Waals surface area contributed by atoms with E-state index < -0.39 is 25.0 Å². The maximum Gasteiger partial charge on any atom is 0.323 e. The summed E-state index contributed by atoms with van der Waals surface area (Å²) in [6.07, 6.45) is 0.658. The highest BCUT2D eigenvalue weighted by Crippen LogP contribution is 2.22. The summed E-state index contributed by atoms with van der Waals surface area (Å²) < 4.78 is 0. The van der Waals surface area contributed by atoms with Gasteiger partial charge in [0.15, 0.2) is 0 Å². The second kappa shape index (κ2) is 22.6. The molecule has 54 heavy (non-hydrogen) atoms. The van der Waals surface area contributed by atoms with Crippen molar-refractivity contribution >= 4 is 35.5 Å². The average molecular weight is 762 g/mol. The molecule has 19 heteroatoms. The molecular formula is C35H59N11O8. The number of carbonyl (C=O) groups is 2. The van der Waals surface area contributed by atoms with Crippen LogP contribution in [0.25, 0.3) is 0 Å². The number of likely N-dealkylation sites (N-methyl/N-ethyl adjacent to an activating group) is 1. The molecule has 2 aromatic rings. The summed E-state index contributed by atoms with van der Waals surface area (Å²) in [6, 6.07) is 7.78. The Bertz CT molecular complexity index is 1400. The van der Waals surface area contributed by atoms with Crippen LogP contribution in [0.5, 0.6) is 0 Å². The number of nitrogens with zero attached hydrogens (tertiary/aromatic N) is 10. The normalized spacial score (nSPS) is 19.3. The van der Waals surface area contributed by atoms with Gasteiger partial charge in [0.25, 0.3) is 0 Å². The van der Waals surface area contributed by atoms with Gasteiger partial charge in [0.2, 0.25) is 17.8 Å². The summed E-state index contributed by atoms with van der Waals surface area (Å²) in [5.41, 5.74) is 1.71. The zero-order valence-corrected chi connectivity index (χ0v) is 31.4. The standard InChI is InChI=1S/C35H59N11O8/c1-40-6-13-45(14-7-40)34-37-33(38-35(39-34)46(26-31(51)52)27-32(53)54)36-29-4-2-28(3-5-29)24-30-25-43(18-22-49)11-10-41(16-20-47)8-9-42(17-21-48)12-15-44(30)19-23-50/h2-5,30,47-50H,6-27H2,1H3,(H,51,52)(H,53,54)(H,36,37,38,39). The number of aliphatic carboxylic acids is 2. The van der Waals surface area contributed by atoms with E-state index in [4.69, 9.17) is 0 Å². The summed E-state index contributed by atoms with van der Waals surface area (Å²) in [5, 5.41) is 61.6. The van der Waals surface area contributed by atoms with Crippen molar-refractivity contribution in [2.45, 2.75) is 12.5 Å². The van der Waals surface area contributed by atoms with Crippen LogP contribution in [-0.2, 0) is 16.0 Å². The number of rotatable bonds is 18. The predicted octanol–water partition coefficient (Wildman–Crippen LogP) is -2.56. The van der Waals surface area contributed by atoms with Crippen LogP contribution in [0.3, 0.4) is 0 Å². The van der Waals surface area contributed by atoms with Gasteiger partial charge >= 0.3 is 11.9 Å². The number of aliphatic hydroxyl groups is 4. The second-order valence-electron chi connectivity index (χ2n) is 13.8. The Morgan fingerprint density at radius 3 is 1.80 bits per heavy atom. The second-order valence-corrected chi connectivity index (χ2v) is 13.8. The molecule has 2 aliphatic heterocycles. The molecule has 0 aliphatic carbocycles. The predicted molar refractivity (Wildman–Crippen MR) is 203 cm³/mol. The van der Waals surface area contributed by atoms with Crippen molar-refractivity contribution in [2.24, 2.45) is 0 Å². The Labute approximate surface area is 317 Å². The zero-order valence-electron chi connectivity index (χ0n) is 31.4. The Hall–Kier alpha value is -3.79. The van der Waals surface area contributed by atoms with Crippen molar-refractivity contribution < 1.29 is 40.2 Å². The van der Waals surface area contributed by atoms with Crippen molar-refractivity contribution in [1.82, 2.24) is 39.5 Å². The molecule has 2 saturated heterocycles. The Morgan fingerprint density at radius 2 is 1.24 bits per heavy atom. The van der Waals surface area contributed by atoms with Gasteiger partial charge in [0.1, 0.15) is 13.1 Å². The molecule has 1 aromatic heterocycles. The van der Waals surface area contributed by atoms with E-state index in [0.29, 0.717) is 83.5 Å². The largest absolute Gasteiger partial charge is 0.480 e. The molecular weight excluding hydrogens is 702 g/mol. The number of piperazine rings is 1. The van der Waals surface area contributed by atoms with Crippen LogP contribution in [0.1, 0.15) is 5.56 Å². The van der Waals surface area contributed by atoms with Gasteiger partial charge in [-0.25, -0.2) is 0 Å². The molecule has 0 spiro atoms. The van der Waals surface area contributed by atoms with Crippen LogP contribution in [0.2, 0.25) is 0 Å². The lowest BCUT2D eigenvalue weighted by atomic mass is 10.0. The van der Waals surface area contributed by atoms with E-state index in [2.05, 4.69) is 44.8 Å². The van der Waals surface area contributed by atoms with E-state index in [-0.39, 0.29) is 44.4 Å². The lowest BCUT2D eigenvalue weighted by molar-refractivity contribution is -0.136. The van der Waals surface area contributed by atoms with Crippen LogP contribution >= 0.6 is 0 Å². The minimum atomic E-state index is -1.22. The molecule has 302 valence electrons.